The van der Waals surface area contributed by atoms with Crippen LogP contribution in [0.25, 0.3) is 0 Å². The molecular formula is C20H23FN6O. The number of primary amides is 1. The van der Waals surface area contributed by atoms with Crippen molar-refractivity contribution in [1.82, 2.24) is 15.3 Å². The maximum absolute atomic E-state index is 14.4. The van der Waals surface area contributed by atoms with E-state index >= 15 is 0 Å². The summed E-state index contributed by atoms with van der Waals surface area (Å²) in [6, 6.07) is 8.11. The Labute approximate surface area is 162 Å². The number of benzene rings is 1. The summed E-state index contributed by atoms with van der Waals surface area (Å²) in [5.74, 6) is -0.331. The molecule has 146 valence electrons. The van der Waals surface area contributed by atoms with Crippen LogP contribution in [0.2, 0.25) is 0 Å². The van der Waals surface area contributed by atoms with Gasteiger partial charge in [0.05, 0.1) is 12.1 Å². The number of carbonyl (C=O) groups excluding carboxylic acids is 1. The lowest BCUT2D eigenvalue weighted by molar-refractivity contribution is -0.123. The summed E-state index contributed by atoms with van der Waals surface area (Å²) in [5.41, 5.74) is 7.75. The van der Waals surface area contributed by atoms with Crippen LogP contribution in [0.15, 0.2) is 30.5 Å². The highest BCUT2D eigenvalue weighted by atomic mass is 19.1. The number of fused-ring (bicyclic) bond motifs is 5. The average Bonchev–Trinajstić information content (AvgIpc) is 3.22. The molecule has 0 unspecified atom stereocenters. The van der Waals surface area contributed by atoms with E-state index < -0.39 is 5.82 Å². The van der Waals surface area contributed by atoms with Gasteiger partial charge in [-0.3, -0.25) is 4.79 Å². The molecule has 1 aliphatic heterocycles. The topological polar surface area (TPSA) is 105 Å². The molecule has 1 amide bonds. The van der Waals surface area contributed by atoms with E-state index in [1.165, 1.54) is 5.56 Å². The molecule has 0 spiro atoms. The van der Waals surface area contributed by atoms with Crippen LogP contribution in [-0.2, 0) is 11.2 Å². The Balaban J connectivity index is 1.54. The third-order valence-corrected chi connectivity index (χ3v) is 6.38. The maximum Gasteiger partial charge on any atom is 0.229 e. The number of halogens is 1. The first-order valence-corrected chi connectivity index (χ1v) is 9.76. The van der Waals surface area contributed by atoms with Gasteiger partial charge >= 0.3 is 0 Å². The molecule has 7 nitrogen and oxygen atoms in total. The van der Waals surface area contributed by atoms with Gasteiger partial charge in [-0.1, -0.05) is 12.1 Å². The highest BCUT2D eigenvalue weighted by Crippen LogP contribution is 2.49. The van der Waals surface area contributed by atoms with E-state index in [2.05, 4.69) is 38.1 Å². The van der Waals surface area contributed by atoms with Crippen molar-refractivity contribution in [3.63, 3.8) is 0 Å². The van der Waals surface area contributed by atoms with Crippen molar-refractivity contribution in [2.75, 3.05) is 17.2 Å². The summed E-state index contributed by atoms with van der Waals surface area (Å²) in [5, 5.41) is 9.98. The SMILES string of the molecule is NC(=O)[C@H]1[C@@H]2C[C@H]3[C@H]1Nc1nc(ncc1F)Nc1cccc(c1)CCN[C@@H]3C2. The van der Waals surface area contributed by atoms with Crippen molar-refractivity contribution in [3.05, 3.63) is 41.8 Å². The Morgan fingerprint density at radius 1 is 1.29 bits per heavy atom. The first-order chi connectivity index (χ1) is 13.6. The van der Waals surface area contributed by atoms with Crippen LogP contribution in [0.3, 0.4) is 0 Å². The summed E-state index contributed by atoms with van der Waals surface area (Å²) < 4.78 is 14.4. The van der Waals surface area contributed by atoms with Crippen molar-refractivity contribution in [2.45, 2.75) is 31.3 Å². The van der Waals surface area contributed by atoms with Gasteiger partial charge in [0.1, 0.15) is 0 Å². The quantitative estimate of drug-likeness (QED) is 0.599. The lowest BCUT2D eigenvalue weighted by atomic mass is 9.81. The summed E-state index contributed by atoms with van der Waals surface area (Å²) in [6.45, 7) is 0.849. The number of amides is 1. The zero-order chi connectivity index (χ0) is 19.3. The van der Waals surface area contributed by atoms with Gasteiger partial charge in [0.15, 0.2) is 11.6 Å². The minimum atomic E-state index is -0.540. The first-order valence-electron chi connectivity index (χ1n) is 9.76. The number of nitrogens with zero attached hydrogens (tertiary/aromatic N) is 2. The summed E-state index contributed by atoms with van der Waals surface area (Å²) in [4.78, 5) is 20.5. The molecule has 8 heteroatoms. The van der Waals surface area contributed by atoms with Crippen molar-refractivity contribution in [3.8, 4) is 0 Å². The van der Waals surface area contributed by atoms with Crippen LogP contribution in [0.5, 0.6) is 0 Å². The van der Waals surface area contributed by atoms with E-state index in [0.29, 0.717) is 5.95 Å². The molecule has 6 bridgehead atoms. The number of nitrogens with one attached hydrogen (secondary N) is 3. The summed E-state index contributed by atoms with van der Waals surface area (Å²) in [6.07, 6.45) is 3.89. The molecule has 28 heavy (non-hydrogen) atoms. The average molecular weight is 382 g/mol. The minimum Gasteiger partial charge on any atom is -0.369 e. The molecule has 1 aromatic carbocycles. The smallest absolute Gasteiger partial charge is 0.229 e. The molecule has 3 aliphatic rings. The molecule has 1 aromatic heterocycles. The second kappa shape index (κ2) is 6.70. The molecule has 2 fully saturated rings. The third-order valence-electron chi connectivity index (χ3n) is 6.38. The van der Waals surface area contributed by atoms with Crippen LogP contribution < -0.4 is 21.7 Å². The third kappa shape index (κ3) is 2.97. The van der Waals surface area contributed by atoms with E-state index in [1.54, 1.807) is 0 Å². The molecule has 5 rings (SSSR count). The van der Waals surface area contributed by atoms with Gasteiger partial charge in [-0.15, -0.1) is 0 Å². The molecule has 0 radical (unpaired) electrons. The largest absolute Gasteiger partial charge is 0.369 e. The Morgan fingerprint density at radius 2 is 2.18 bits per heavy atom. The van der Waals surface area contributed by atoms with Crippen LogP contribution in [0.1, 0.15) is 18.4 Å². The van der Waals surface area contributed by atoms with E-state index in [4.69, 9.17) is 5.73 Å². The lowest BCUT2D eigenvalue weighted by Gasteiger charge is -2.35. The van der Waals surface area contributed by atoms with E-state index in [0.717, 1.165) is 37.7 Å². The molecular weight excluding hydrogens is 359 g/mol. The number of hydrogen-bond acceptors (Lipinski definition) is 6. The van der Waals surface area contributed by atoms with E-state index in [-0.39, 0.29) is 41.6 Å². The second-order valence-electron chi connectivity index (χ2n) is 8.02. The lowest BCUT2D eigenvalue weighted by Crippen LogP contribution is -2.50. The first kappa shape index (κ1) is 17.4. The van der Waals surface area contributed by atoms with Crippen molar-refractivity contribution in [1.29, 1.82) is 0 Å². The van der Waals surface area contributed by atoms with Crippen molar-refractivity contribution >= 4 is 23.4 Å². The monoisotopic (exact) mass is 382 g/mol. The molecule has 5 N–H and O–H groups in total. The number of hydrogen-bond donors (Lipinski definition) is 4. The molecule has 2 aromatic rings. The normalized spacial score (nSPS) is 30.8. The van der Waals surface area contributed by atoms with Gasteiger partial charge in [0.25, 0.3) is 0 Å². The van der Waals surface area contributed by atoms with Gasteiger partial charge in [0.2, 0.25) is 11.9 Å². The molecule has 5 atom stereocenters. The van der Waals surface area contributed by atoms with Crippen LogP contribution >= 0.6 is 0 Å². The van der Waals surface area contributed by atoms with E-state index in [1.807, 2.05) is 12.1 Å². The number of anilines is 3. The predicted molar refractivity (Wildman–Crippen MR) is 104 cm³/mol. The van der Waals surface area contributed by atoms with E-state index in [9.17, 15) is 9.18 Å². The van der Waals surface area contributed by atoms with Gasteiger partial charge in [0, 0.05) is 17.8 Å². The van der Waals surface area contributed by atoms with Gasteiger partial charge < -0.3 is 21.7 Å². The minimum absolute atomic E-state index is 0.105. The molecule has 2 aliphatic carbocycles. The standard InChI is InChI=1S/C20H23FN6O/c21-14-9-24-20-25-12-3-1-2-10(6-12)4-5-23-15-8-11-7-13(15)17(16(11)18(22)28)26-19(14)27-20/h1-3,6,9,11,13,15-17,23H,4-5,7-8H2,(H2,22,28)(H2,24,25,26,27)/t11-,13-,15-,16+,17-/m1/s1. The zero-order valence-corrected chi connectivity index (χ0v) is 15.4. The fraction of sp³-hybridized carbons (Fsp3) is 0.450. The Morgan fingerprint density at radius 3 is 3.04 bits per heavy atom. The van der Waals surface area contributed by atoms with Crippen molar-refractivity contribution in [2.24, 2.45) is 23.5 Å². The highest BCUT2D eigenvalue weighted by molar-refractivity contribution is 5.79. The van der Waals surface area contributed by atoms with Gasteiger partial charge in [-0.2, -0.15) is 4.98 Å². The van der Waals surface area contributed by atoms with Gasteiger partial charge in [-0.25, -0.2) is 9.37 Å². The number of rotatable bonds is 1. The molecule has 2 heterocycles. The Kier molecular flexibility index (Phi) is 4.16. The van der Waals surface area contributed by atoms with Crippen molar-refractivity contribution < 1.29 is 9.18 Å². The number of nitrogens with two attached hydrogens (primary N) is 1. The number of aromatic nitrogens is 2. The molecule has 2 saturated carbocycles. The Hall–Kier alpha value is -2.74. The second-order valence-corrected chi connectivity index (χ2v) is 8.02. The fourth-order valence-electron chi connectivity index (χ4n) is 5.22. The zero-order valence-electron chi connectivity index (χ0n) is 15.4. The van der Waals surface area contributed by atoms with Gasteiger partial charge in [-0.05, 0) is 55.3 Å². The van der Waals surface area contributed by atoms with Crippen LogP contribution in [0, 0.1) is 23.6 Å². The molecule has 0 saturated heterocycles. The number of carbonyl (C=O) groups is 1. The Bertz CT molecular complexity index is 921. The highest BCUT2D eigenvalue weighted by Gasteiger charge is 2.54. The fourth-order valence-corrected chi connectivity index (χ4v) is 5.22. The van der Waals surface area contributed by atoms with Crippen LogP contribution in [0.4, 0.5) is 21.8 Å². The maximum atomic E-state index is 14.4. The van der Waals surface area contributed by atoms with Crippen LogP contribution in [-0.4, -0.2) is 34.5 Å². The summed E-state index contributed by atoms with van der Waals surface area (Å²) in [7, 11) is 0. The summed E-state index contributed by atoms with van der Waals surface area (Å²) >= 11 is 0. The predicted octanol–water partition coefficient (Wildman–Crippen LogP) is 1.80.